The molecule has 110 valence electrons. The van der Waals surface area contributed by atoms with Gasteiger partial charge in [-0.25, -0.2) is 4.98 Å². The summed E-state index contributed by atoms with van der Waals surface area (Å²) >= 11 is 5.82. The molecule has 1 heterocycles. The molecule has 0 spiro atoms. The maximum Gasteiger partial charge on any atom is 0.420 e. The molecule has 0 atom stereocenters. The first-order valence-electron chi connectivity index (χ1n) is 5.72. The lowest BCUT2D eigenvalue weighted by molar-refractivity contribution is -0.137. The van der Waals surface area contributed by atoms with Crippen LogP contribution in [0.1, 0.15) is 15.9 Å². The normalized spacial score (nSPS) is 11.0. The van der Waals surface area contributed by atoms with Gasteiger partial charge in [0, 0.05) is 6.20 Å². The number of aromatic nitrogens is 1. The second kappa shape index (κ2) is 6.01. The fraction of sp³-hybridized carbons (Fsp3) is 0.0769. The Kier molecular flexibility index (Phi) is 4.32. The Hall–Kier alpha value is -2.28. The van der Waals surface area contributed by atoms with Gasteiger partial charge in [0.1, 0.15) is 0 Å². The third-order valence-electron chi connectivity index (χ3n) is 2.53. The monoisotopic (exact) mass is 315 g/mol. The summed E-state index contributed by atoms with van der Waals surface area (Å²) in [6.07, 6.45) is -3.40. The van der Waals surface area contributed by atoms with Crippen molar-refractivity contribution in [3.63, 3.8) is 0 Å². The molecule has 1 aromatic carbocycles. The molecule has 21 heavy (non-hydrogen) atoms. The van der Waals surface area contributed by atoms with Gasteiger partial charge >= 0.3 is 6.18 Å². The van der Waals surface area contributed by atoms with E-state index in [1.807, 2.05) is 0 Å². The van der Waals surface area contributed by atoms with Crippen molar-refractivity contribution in [1.82, 2.24) is 10.4 Å². The number of anilines is 1. The van der Waals surface area contributed by atoms with Crippen LogP contribution in [0.5, 0.6) is 0 Å². The number of halogens is 4. The molecule has 1 aromatic heterocycles. The van der Waals surface area contributed by atoms with Gasteiger partial charge in [-0.15, -0.1) is 0 Å². The van der Waals surface area contributed by atoms with Crippen molar-refractivity contribution in [2.24, 2.45) is 0 Å². The number of nitrogens with zero attached hydrogens (tertiary/aromatic N) is 1. The predicted molar refractivity (Wildman–Crippen MR) is 71.8 cm³/mol. The van der Waals surface area contributed by atoms with Crippen LogP contribution in [0.25, 0.3) is 0 Å². The highest BCUT2D eigenvalue weighted by atomic mass is 35.5. The zero-order valence-corrected chi connectivity index (χ0v) is 11.2. The molecule has 0 aliphatic heterocycles. The van der Waals surface area contributed by atoms with E-state index in [9.17, 15) is 18.0 Å². The standard InChI is InChI=1S/C13H9ClF3N3O/c14-10-6-2-1-4-8(10)12(21)20-19-11-9(13(15,16)17)5-3-7-18-11/h1-7H,(H,18,19)(H,20,21). The van der Waals surface area contributed by atoms with Gasteiger partial charge in [-0.2, -0.15) is 13.2 Å². The van der Waals surface area contributed by atoms with Crippen molar-refractivity contribution >= 4 is 23.3 Å². The summed E-state index contributed by atoms with van der Waals surface area (Å²) in [4.78, 5) is 15.4. The first kappa shape index (κ1) is 15.1. The van der Waals surface area contributed by atoms with E-state index in [0.29, 0.717) is 0 Å². The van der Waals surface area contributed by atoms with E-state index in [-0.39, 0.29) is 10.6 Å². The van der Waals surface area contributed by atoms with Crippen LogP contribution in [0.4, 0.5) is 19.0 Å². The number of rotatable bonds is 3. The van der Waals surface area contributed by atoms with Gasteiger partial charge in [0.25, 0.3) is 5.91 Å². The van der Waals surface area contributed by atoms with Crippen LogP contribution in [0.15, 0.2) is 42.6 Å². The molecule has 0 aliphatic rings. The molecule has 0 aliphatic carbocycles. The zero-order chi connectivity index (χ0) is 15.5. The van der Waals surface area contributed by atoms with E-state index in [4.69, 9.17) is 11.6 Å². The summed E-state index contributed by atoms with van der Waals surface area (Å²) in [5.41, 5.74) is 3.44. The van der Waals surface area contributed by atoms with Crippen LogP contribution in [-0.4, -0.2) is 10.9 Å². The van der Waals surface area contributed by atoms with E-state index in [1.54, 1.807) is 12.1 Å². The molecule has 2 rings (SSSR count). The highest BCUT2D eigenvalue weighted by molar-refractivity contribution is 6.33. The minimum absolute atomic E-state index is 0.135. The largest absolute Gasteiger partial charge is 0.420 e. The Morgan fingerprint density at radius 3 is 2.52 bits per heavy atom. The molecular formula is C13H9ClF3N3O. The number of pyridine rings is 1. The third kappa shape index (κ3) is 3.63. The van der Waals surface area contributed by atoms with Crippen molar-refractivity contribution < 1.29 is 18.0 Å². The smallest absolute Gasteiger partial charge is 0.281 e. The van der Waals surface area contributed by atoms with E-state index in [1.165, 1.54) is 18.3 Å². The van der Waals surface area contributed by atoms with Gasteiger partial charge in [0.05, 0.1) is 16.1 Å². The number of hydrogen-bond donors (Lipinski definition) is 2. The van der Waals surface area contributed by atoms with Crippen LogP contribution in [-0.2, 0) is 6.18 Å². The number of carbonyl (C=O) groups excluding carboxylic acids is 1. The molecule has 0 bridgehead atoms. The van der Waals surface area contributed by atoms with Gasteiger partial charge in [-0.1, -0.05) is 23.7 Å². The van der Waals surface area contributed by atoms with E-state index in [0.717, 1.165) is 12.1 Å². The van der Waals surface area contributed by atoms with Crippen molar-refractivity contribution in [2.75, 3.05) is 5.43 Å². The lowest BCUT2D eigenvalue weighted by Crippen LogP contribution is -2.31. The van der Waals surface area contributed by atoms with Crippen molar-refractivity contribution in [2.45, 2.75) is 6.18 Å². The second-order valence-corrected chi connectivity index (χ2v) is 4.36. The first-order chi connectivity index (χ1) is 9.89. The lowest BCUT2D eigenvalue weighted by atomic mass is 10.2. The average Bonchev–Trinajstić information content (AvgIpc) is 2.44. The summed E-state index contributed by atoms with van der Waals surface area (Å²) in [5.74, 6) is -1.16. The highest BCUT2D eigenvalue weighted by Crippen LogP contribution is 2.33. The zero-order valence-electron chi connectivity index (χ0n) is 10.4. The Morgan fingerprint density at radius 1 is 1.14 bits per heavy atom. The maximum absolute atomic E-state index is 12.7. The number of nitrogens with one attached hydrogen (secondary N) is 2. The van der Waals surface area contributed by atoms with E-state index < -0.39 is 23.5 Å². The van der Waals surface area contributed by atoms with Crippen molar-refractivity contribution in [3.05, 3.63) is 58.7 Å². The number of benzene rings is 1. The summed E-state index contributed by atoms with van der Waals surface area (Å²) in [5, 5.41) is 0.189. The van der Waals surface area contributed by atoms with E-state index >= 15 is 0 Å². The highest BCUT2D eigenvalue weighted by Gasteiger charge is 2.34. The van der Waals surface area contributed by atoms with Gasteiger partial charge in [-0.3, -0.25) is 15.6 Å². The topological polar surface area (TPSA) is 54.0 Å². The molecule has 0 radical (unpaired) electrons. The average molecular weight is 316 g/mol. The minimum Gasteiger partial charge on any atom is -0.281 e. The third-order valence-corrected chi connectivity index (χ3v) is 2.86. The summed E-state index contributed by atoms with van der Waals surface area (Å²) < 4.78 is 38.2. The SMILES string of the molecule is O=C(NNc1ncccc1C(F)(F)F)c1ccccc1Cl. The number of carbonyl (C=O) groups is 1. The lowest BCUT2D eigenvalue weighted by Gasteiger charge is -2.14. The Balaban J connectivity index is 2.14. The molecule has 2 aromatic rings. The summed E-state index contributed by atoms with van der Waals surface area (Å²) in [6.45, 7) is 0. The summed E-state index contributed by atoms with van der Waals surface area (Å²) in [7, 11) is 0. The number of amides is 1. The molecule has 0 saturated carbocycles. The van der Waals surface area contributed by atoms with Crippen LogP contribution in [0, 0.1) is 0 Å². The minimum atomic E-state index is -4.58. The van der Waals surface area contributed by atoms with Crippen LogP contribution < -0.4 is 10.9 Å². The first-order valence-corrected chi connectivity index (χ1v) is 6.10. The number of alkyl halides is 3. The van der Waals surface area contributed by atoms with E-state index in [2.05, 4.69) is 15.8 Å². The molecule has 4 nitrogen and oxygen atoms in total. The molecular weight excluding hydrogens is 307 g/mol. The molecule has 0 saturated heterocycles. The molecule has 0 fully saturated rings. The maximum atomic E-state index is 12.7. The Morgan fingerprint density at radius 2 is 1.86 bits per heavy atom. The van der Waals surface area contributed by atoms with Crippen molar-refractivity contribution in [1.29, 1.82) is 0 Å². The van der Waals surface area contributed by atoms with Crippen molar-refractivity contribution in [3.8, 4) is 0 Å². The summed E-state index contributed by atoms with van der Waals surface area (Å²) in [6, 6.07) is 8.18. The fourth-order valence-electron chi connectivity index (χ4n) is 1.56. The van der Waals surface area contributed by atoms with Gasteiger partial charge < -0.3 is 0 Å². The molecule has 8 heteroatoms. The van der Waals surface area contributed by atoms with Crippen LogP contribution in [0.2, 0.25) is 5.02 Å². The predicted octanol–water partition coefficient (Wildman–Crippen LogP) is 3.51. The quantitative estimate of drug-likeness (QED) is 0.852. The Bertz CT molecular complexity index is 661. The van der Waals surface area contributed by atoms with Crippen LogP contribution >= 0.6 is 11.6 Å². The van der Waals surface area contributed by atoms with Gasteiger partial charge in [-0.05, 0) is 24.3 Å². The molecule has 0 unspecified atom stereocenters. The number of hydrazine groups is 1. The second-order valence-electron chi connectivity index (χ2n) is 3.96. The van der Waals surface area contributed by atoms with Gasteiger partial charge in [0.2, 0.25) is 0 Å². The van der Waals surface area contributed by atoms with Gasteiger partial charge in [0.15, 0.2) is 5.82 Å². The molecule has 2 N–H and O–H groups in total. The number of hydrogen-bond acceptors (Lipinski definition) is 3. The van der Waals surface area contributed by atoms with Crippen LogP contribution in [0.3, 0.4) is 0 Å². The molecule has 1 amide bonds. The fourth-order valence-corrected chi connectivity index (χ4v) is 1.78. The Labute approximate surface area is 122 Å².